The van der Waals surface area contributed by atoms with Crippen LogP contribution in [0.4, 0.5) is 0 Å². The molecule has 0 radical (unpaired) electrons. The summed E-state index contributed by atoms with van der Waals surface area (Å²) in [4.78, 5) is 11.9. The highest BCUT2D eigenvalue weighted by molar-refractivity contribution is 7.89. The number of amides is 1. The number of hydrogen-bond acceptors (Lipinski definition) is 5. The Morgan fingerprint density at radius 1 is 1.21 bits per heavy atom. The van der Waals surface area contributed by atoms with E-state index in [1.807, 2.05) is 13.0 Å². The van der Waals surface area contributed by atoms with Crippen LogP contribution in [-0.2, 0) is 14.8 Å². The Labute approximate surface area is 140 Å². The van der Waals surface area contributed by atoms with Crippen molar-refractivity contribution in [3.05, 3.63) is 53.5 Å². The molecule has 2 rings (SSSR count). The standard InChI is InChI=1S/C16H19N3O4S/c1-11-9-15(13(3)23-11)12(2)18-19-16(20)10-17-24(21,22)14-7-5-4-6-8-14/h4-9,17H,10H2,1-3H3,(H,19,20)/b18-12-. The molecule has 1 amide bonds. The van der Waals surface area contributed by atoms with Gasteiger partial charge in [-0.3, -0.25) is 4.79 Å². The molecule has 128 valence electrons. The summed E-state index contributed by atoms with van der Waals surface area (Å²) >= 11 is 0. The molecular formula is C16H19N3O4S. The summed E-state index contributed by atoms with van der Waals surface area (Å²) in [6, 6.07) is 9.65. The average Bonchev–Trinajstić information content (AvgIpc) is 2.90. The summed E-state index contributed by atoms with van der Waals surface area (Å²) in [6.07, 6.45) is 0. The van der Waals surface area contributed by atoms with E-state index in [2.05, 4.69) is 15.2 Å². The van der Waals surface area contributed by atoms with E-state index < -0.39 is 22.5 Å². The molecule has 0 unspecified atom stereocenters. The van der Waals surface area contributed by atoms with Gasteiger partial charge in [-0.05, 0) is 39.0 Å². The zero-order chi connectivity index (χ0) is 17.7. The van der Waals surface area contributed by atoms with E-state index in [1.165, 1.54) is 12.1 Å². The monoisotopic (exact) mass is 349 g/mol. The van der Waals surface area contributed by atoms with Gasteiger partial charge in [0.15, 0.2) is 0 Å². The first-order valence-electron chi connectivity index (χ1n) is 7.25. The highest BCUT2D eigenvalue weighted by Gasteiger charge is 2.15. The summed E-state index contributed by atoms with van der Waals surface area (Å²) in [5, 5.41) is 3.96. The predicted octanol–water partition coefficient (Wildman–Crippen LogP) is 1.72. The summed E-state index contributed by atoms with van der Waals surface area (Å²) in [7, 11) is -3.72. The Morgan fingerprint density at radius 2 is 1.88 bits per heavy atom. The van der Waals surface area contributed by atoms with Crippen molar-refractivity contribution >= 4 is 21.6 Å². The van der Waals surface area contributed by atoms with E-state index in [9.17, 15) is 13.2 Å². The SMILES string of the molecule is C/C(=N/NC(=O)CNS(=O)(=O)c1ccccc1)c1cc(C)oc1C. The minimum atomic E-state index is -3.72. The molecule has 0 bridgehead atoms. The second-order valence-corrected chi connectivity index (χ2v) is 6.96. The van der Waals surface area contributed by atoms with Crippen molar-refractivity contribution in [2.24, 2.45) is 5.10 Å². The molecule has 2 aromatic rings. The lowest BCUT2D eigenvalue weighted by Crippen LogP contribution is -2.35. The van der Waals surface area contributed by atoms with Gasteiger partial charge in [-0.25, -0.2) is 18.6 Å². The van der Waals surface area contributed by atoms with E-state index in [4.69, 9.17) is 4.42 Å². The number of carbonyl (C=O) groups excluding carboxylic acids is 1. The average molecular weight is 349 g/mol. The van der Waals surface area contributed by atoms with Crippen molar-refractivity contribution in [1.82, 2.24) is 10.1 Å². The first-order chi connectivity index (χ1) is 11.3. The number of benzene rings is 1. The molecule has 1 aromatic carbocycles. The number of furan rings is 1. The molecule has 0 saturated carbocycles. The molecule has 0 spiro atoms. The van der Waals surface area contributed by atoms with Crippen LogP contribution in [0.3, 0.4) is 0 Å². The van der Waals surface area contributed by atoms with Crippen LogP contribution in [0.1, 0.15) is 24.0 Å². The Balaban J connectivity index is 1.94. The maximum Gasteiger partial charge on any atom is 0.255 e. The number of aryl methyl sites for hydroxylation is 2. The third kappa shape index (κ3) is 4.53. The van der Waals surface area contributed by atoms with Crippen molar-refractivity contribution in [1.29, 1.82) is 0 Å². The van der Waals surface area contributed by atoms with Gasteiger partial charge in [0.25, 0.3) is 5.91 Å². The van der Waals surface area contributed by atoms with Gasteiger partial charge in [0.05, 0.1) is 17.2 Å². The van der Waals surface area contributed by atoms with Crippen LogP contribution in [0, 0.1) is 13.8 Å². The summed E-state index contributed by atoms with van der Waals surface area (Å²) in [5.41, 5.74) is 3.68. The summed E-state index contributed by atoms with van der Waals surface area (Å²) in [6.45, 7) is 4.95. The number of hydrogen-bond donors (Lipinski definition) is 2. The molecular weight excluding hydrogens is 330 g/mol. The van der Waals surface area contributed by atoms with Gasteiger partial charge in [-0.15, -0.1) is 0 Å². The van der Waals surface area contributed by atoms with E-state index in [0.717, 1.165) is 11.3 Å². The summed E-state index contributed by atoms with van der Waals surface area (Å²) < 4.78 is 31.6. The molecule has 0 atom stereocenters. The number of nitrogens with zero attached hydrogens (tertiary/aromatic N) is 1. The van der Waals surface area contributed by atoms with Crippen LogP contribution in [-0.4, -0.2) is 26.6 Å². The molecule has 1 heterocycles. The first kappa shape index (κ1) is 17.9. The molecule has 24 heavy (non-hydrogen) atoms. The number of carbonyl (C=O) groups is 1. The van der Waals surface area contributed by atoms with Crippen LogP contribution in [0.2, 0.25) is 0 Å². The van der Waals surface area contributed by atoms with Crippen LogP contribution in [0.25, 0.3) is 0 Å². The maximum absolute atomic E-state index is 12.0. The number of hydrazone groups is 1. The maximum atomic E-state index is 12.0. The van der Waals surface area contributed by atoms with Gasteiger partial charge in [0, 0.05) is 5.56 Å². The Bertz CT molecular complexity index is 855. The van der Waals surface area contributed by atoms with Crippen molar-refractivity contribution < 1.29 is 17.6 Å². The summed E-state index contributed by atoms with van der Waals surface area (Å²) in [5.74, 6) is 0.888. The van der Waals surface area contributed by atoms with Crippen molar-refractivity contribution in [2.45, 2.75) is 25.7 Å². The first-order valence-corrected chi connectivity index (χ1v) is 8.73. The number of nitrogens with one attached hydrogen (secondary N) is 2. The second-order valence-electron chi connectivity index (χ2n) is 5.20. The van der Waals surface area contributed by atoms with Crippen LogP contribution < -0.4 is 10.1 Å². The lowest BCUT2D eigenvalue weighted by atomic mass is 10.2. The molecule has 0 saturated heterocycles. The van der Waals surface area contributed by atoms with Gasteiger partial charge in [-0.1, -0.05) is 18.2 Å². The Morgan fingerprint density at radius 3 is 2.46 bits per heavy atom. The Hall–Kier alpha value is -2.45. The molecule has 2 N–H and O–H groups in total. The fourth-order valence-corrected chi connectivity index (χ4v) is 3.08. The zero-order valence-corrected chi connectivity index (χ0v) is 14.5. The topological polar surface area (TPSA) is 101 Å². The third-order valence-corrected chi connectivity index (χ3v) is 4.67. The predicted molar refractivity (Wildman–Crippen MR) is 90.2 cm³/mol. The molecule has 1 aromatic heterocycles. The van der Waals surface area contributed by atoms with Gasteiger partial charge in [0.2, 0.25) is 10.0 Å². The van der Waals surface area contributed by atoms with Crippen molar-refractivity contribution in [3.8, 4) is 0 Å². The fourth-order valence-electron chi connectivity index (χ4n) is 2.08. The van der Waals surface area contributed by atoms with Crippen molar-refractivity contribution in [2.75, 3.05) is 6.54 Å². The lowest BCUT2D eigenvalue weighted by molar-refractivity contribution is -0.119. The number of sulfonamides is 1. The fraction of sp³-hybridized carbons (Fsp3) is 0.250. The van der Waals surface area contributed by atoms with E-state index >= 15 is 0 Å². The highest BCUT2D eigenvalue weighted by atomic mass is 32.2. The smallest absolute Gasteiger partial charge is 0.255 e. The van der Waals surface area contributed by atoms with Gasteiger partial charge >= 0.3 is 0 Å². The minimum absolute atomic E-state index is 0.0991. The number of rotatable bonds is 6. The molecule has 0 fully saturated rings. The highest BCUT2D eigenvalue weighted by Crippen LogP contribution is 2.14. The third-order valence-electron chi connectivity index (χ3n) is 3.26. The van der Waals surface area contributed by atoms with Gasteiger partial charge in [-0.2, -0.15) is 5.10 Å². The van der Waals surface area contributed by atoms with Crippen LogP contribution in [0.15, 0.2) is 50.8 Å². The Kier molecular flexibility index (Phi) is 5.53. The van der Waals surface area contributed by atoms with Gasteiger partial charge in [0.1, 0.15) is 11.5 Å². The molecule has 0 aliphatic carbocycles. The quantitative estimate of drug-likeness (QED) is 0.612. The lowest BCUT2D eigenvalue weighted by Gasteiger charge is -2.06. The normalized spacial score (nSPS) is 12.2. The largest absolute Gasteiger partial charge is 0.466 e. The van der Waals surface area contributed by atoms with Gasteiger partial charge < -0.3 is 4.42 Å². The second kappa shape index (κ2) is 7.41. The minimum Gasteiger partial charge on any atom is -0.466 e. The van der Waals surface area contributed by atoms with E-state index in [1.54, 1.807) is 32.0 Å². The molecule has 0 aliphatic rings. The van der Waals surface area contributed by atoms with Crippen LogP contribution in [0.5, 0.6) is 0 Å². The molecule has 8 heteroatoms. The molecule has 0 aliphatic heterocycles. The van der Waals surface area contributed by atoms with Crippen molar-refractivity contribution in [3.63, 3.8) is 0 Å². The van der Waals surface area contributed by atoms with Crippen LogP contribution >= 0.6 is 0 Å². The van der Waals surface area contributed by atoms with E-state index in [-0.39, 0.29) is 4.90 Å². The molecule has 7 nitrogen and oxygen atoms in total. The van der Waals surface area contributed by atoms with E-state index in [0.29, 0.717) is 11.5 Å². The zero-order valence-electron chi connectivity index (χ0n) is 13.7.